The molecule has 2 amide bonds. The van der Waals surface area contributed by atoms with E-state index in [0.717, 1.165) is 12.8 Å². The molecule has 0 radical (unpaired) electrons. The summed E-state index contributed by atoms with van der Waals surface area (Å²) in [5.41, 5.74) is 7.40. The number of halogens is 2. The normalized spacial score (nSPS) is 15.4. The van der Waals surface area contributed by atoms with Crippen molar-refractivity contribution in [2.75, 3.05) is 44.5 Å². The second-order valence-electron chi connectivity index (χ2n) is 6.33. The number of ether oxygens (including phenoxy) is 1. The van der Waals surface area contributed by atoms with Gasteiger partial charge in [0.05, 0.1) is 12.6 Å². The van der Waals surface area contributed by atoms with Gasteiger partial charge in [-0.3, -0.25) is 9.59 Å². The topological polar surface area (TPSA) is 96.7 Å². The van der Waals surface area contributed by atoms with Crippen molar-refractivity contribution in [1.82, 2.24) is 4.90 Å². The van der Waals surface area contributed by atoms with Gasteiger partial charge in [-0.25, -0.2) is 0 Å². The molecule has 1 heterocycles. The standard InChI is InChI=1S/C17H26N4O3.2ClH/c1-21(2)11-15(22)19-13-3-5-14(6-4-13)20-17(23)16(18)12-7-9-24-10-8-12;;/h3-6,12,16H,7-11,18H2,1-2H3,(H,19,22)(H,20,23);2*1H. The fourth-order valence-corrected chi connectivity index (χ4v) is 2.64. The Kier molecular flexibility index (Phi) is 11.4. The van der Waals surface area contributed by atoms with Crippen molar-refractivity contribution >= 4 is 48.0 Å². The van der Waals surface area contributed by atoms with Gasteiger partial charge in [0.2, 0.25) is 11.8 Å². The lowest BCUT2D eigenvalue weighted by Gasteiger charge is -2.26. The Morgan fingerprint density at radius 3 is 2.12 bits per heavy atom. The third-order valence-electron chi connectivity index (χ3n) is 3.97. The lowest BCUT2D eigenvalue weighted by Crippen LogP contribution is -2.43. The largest absolute Gasteiger partial charge is 0.381 e. The molecule has 148 valence electrons. The number of rotatable bonds is 6. The minimum Gasteiger partial charge on any atom is -0.381 e. The molecule has 1 aliphatic rings. The van der Waals surface area contributed by atoms with Crippen molar-refractivity contribution in [3.63, 3.8) is 0 Å². The Labute approximate surface area is 166 Å². The summed E-state index contributed by atoms with van der Waals surface area (Å²) < 4.78 is 5.29. The van der Waals surface area contributed by atoms with Crippen LogP contribution in [-0.4, -0.2) is 56.6 Å². The molecule has 0 aromatic heterocycles. The lowest BCUT2D eigenvalue weighted by molar-refractivity contribution is -0.119. The summed E-state index contributed by atoms with van der Waals surface area (Å²) in [5, 5.41) is 5.62. The summed E-state index contributed by atoms with van der Waals surface area (Å²) in [6.07, 6.45) is 1.62. The first-order chi connectivity index (χ1) is 11.5. The number of anilines is 2. The number of carbonyl (C=O) groups is 2. The number of carbonyl (C=O) groups excluding carboxylic acids is 2. The number of hydrogen-bond acceptors (Lipinski definition) is 5. The monoisotopic (exact) mass is 406 g/mol. The van der Waals surface area contributed by atoms with Crippen LogP contribution in [0.15, 0.2) is 24.3 Å². The molecule has 0 spiro atoms. The van der Waals surface area contributed by atoms with Crippen molar-refractivity contribution in [1.29, 1.82) is 0 Å². The highest BCUT2D eigenvalue weighted by Gasteiger charge is 2.26. The quantitative estimate of drug-likeness (QED) is 0.668. The Bertz CT molecular complexity index is 564. The summed E-state index contributed by atoms with van der Waals surface area (Å²) in [6.45, 7) is 1.64. The van der Waals surface area contributed by atoms with Gasteiger partial charge in [-0.05, 0) is 57.1 Å². The predicted molar refractivity (Wildman–Crippen MR) is 108 cm³/mol. The van der Waals surface area contributed by atoms with Gasteiger partial charge in [0.15, 0.2) is 0 Å². The van der Waals surface area contributed by atoms with Gasteiger partial charge >= 0.3 is 0 Å². The average molecular weight is 407 g/mol. The van der Waals surface area contributed by atoms with Crippen LogP contribution in [-0.2, 0) is 14.3 Å². The molecule has 0 saturated carbocycles. The van der Waals surface area contributed by atoms with Crippen LogP contribution in [0.3, 0.4) is 0 Å². The molecule has 4 N–H and O–H groups in total. The number of nitrogens with zero attached hydrogens (tertiary/aromatic N) is 1. The molecular weight excluding hydrogens is 379 g/mol. The molecule has 1 saturated heterocycles. The van der Waals surface area contributed by atoms with Crippen molar-refractivity contribution in [2.24, 2.45) is 11.7 Å². The summed E-state index contributed by atoms with van der Waals surface area (Å²) in [7, 11) is 3.67. The molecule has 9 heteroatoms. The van der Waals surface area contributed by atoms with Crippen LogP contribution in [0.2, 0.25) is 0 Å². The molecule has 1 aliphatic heterocycles. The number of nitrogens with two attached hydrogens (primary N) is 1. The van der Waals surface area contributed by atoms with Gasteiger partial charge < -0.3 is 26.0 Å². The maximum atomic E-state index is 12.2. The van der Waals surface area contributed by atoms with Crippen molar-refractivity contribution in [3.05, 3.63) is 24.3 Å². The van der Waals surface area contributed by atoms with Gasteiger partial charge in [-0.15, -0.1) is 24.8 Å². The zero-order valence-electron chi connectivity index (χ0n) is 15.1. The lowest BCUT2D eigenvalue weighted by atomic mass is 9.92. The van der Waals surface area contributed by atoms with Crippen LogP contribution < -0.4 is 16.4 Å². The summed E-state index contributed by atoms with van der Waals surface area (Å²) in [6, 6.07) is 6.47. The summed E-state index contributed by atoms with van der Waals surface area (Å²) in [5.74, 6) is -0.118. The van der Waals surface area contributed by atoms with Gasteiger partial charge in [0.1, 0.15) is 0 Å². The van der Waals surface area contributed by atoms with Crippen LogP contribution in [0.25, 0.3) is 0 Å². The van der Waals surface area contributed by atoms with Crippen molar-refractivity contribution in [2.45, 2.75) is 18.9 Å². The Balaban J connectivity index is 0.00000312. The molecular formula is C17H28Cl2N4O3. The number of hydrogen-bond donors (Lipinski definition) is 3. The van der Waals surface area contributed by atoms with E-state index in [1.54, 1.807) is 29.2 Å². The van der Waals surface area contributed by atoms with E-state index < -0.39 is 6.04 Å². The second-order valence-corrected chi connectivity index (χ2v) is 6.33. The van der Waals surface area contributed by atoms with Crippen LogP contribution >= 0.6 is 24.8 Å². The molecule has 1 aromatic carbocycles. The van der Waals surface area contributed by atoms with E-state index in [1.807, 2.05) is 14.1 Å². The third-order valence-corrected chi connectivity index (χ3v) is 3.97. The smallest absolute Gasteiger partial charge is 0.241 e. The Morgan fingerprint density at radius 2 is 1.62 bits per heavy atom. The first-order valence-corrected chi connectivity index (χ1v) is 8.14. The maximum Gasteiger partial charge on any atom is 0.241 e. The van der Waals surface area contributed by atoms with Crippen molar-refractivity contribution < 1.29 is 14.3 Å². The van der Waals surface area contributed by atoms with Gasteiger partial charge in [-0.2, -0.15) is 0 Å². The van der Waals surface area contributed by atoms with E-state index in [-0.39, 0.29) is 42.5 Å². The molecule has 7 nitrogen and oxygen atoms in total. The number of amides is 2. The molecule has 0 aliphatic carbocycles. The molecule has 1 fully saturated rings. The number of likely N-dealkylation sites (N-methyl/N-ethyl adjacent to an activating group) is 1. The highest BCUT2D eigenvalue weighted by molar-refractivity contribution is 5.96. The summed E-state index contributed by atoms with van der Waals surface area (Å²) in [4.78, 5) is 25.7. The fourth-order valence-electron chi connectivity index (χ4n) is 2.64. The van der Waals surface area contributed by atoms with Crippen LogP contribution in [0, 0.1) is 5.92 Å². The van der Waals surface area contributed by atoms with Crippen molar-refractivity contribution in [3.8, 4) is 0 Å². The fraction of sp³-hybridized carbons (Fsp3) is 0.529. The minimum absolute atomic E-state index is 0. The molecule has 26 heavy (non-hydrogen) atoms. The second kappa shape index (κ2) is 12.1. The van der Waals surface area contributed by atoms with E-state index in [1.165, 1.54) is 0 Å². The molecule has 1 aromatic rings. The first kappa shape index (κ1) is 24.6. The van der Waals surface area contributed by atoms with Crippen LogP contribution in [0.4, 0.5) is 11.4 Å². The minimum atomic E-state index is -0.534. The average Bonchev–Trinajstić information content (AvgIpc) is 2.56. The molecule has 2 rings (SSSR count). The van der Waals surface area contributed by atoms with Gasteiger partial charge in [0.25, 0.3) is 0 Å². The number of nitrogens with one attached hydrogen (secondary N) is 2. The molecule has 1 atom stereocenters. The maximum absolute atomic E-state index is 12.2. The van der Waals surface area contributed by atoms with E-state index in [4.69, 9.17) is 10.5 Å². The van der Waals surface area contributed by atoms with Crippen LogP contribution in [0.5, 0.6) is 0 Å². The highest BCUT2D eigenvalue weighted by Crippen LogP contribution is 2.19. The van der Waals surface area contributed by atoms with Gasteiger partial charge in [0, 0.05) is 24.6 Å². The molecule has 1 unspecified atom stereocenters. The third kappa shape index (κ3) is 7.88. The predicted octanol–water partition coefficient (Wildman–Crippen LogP) is 1.72. The Morgan fingerprint density at radius 1 is 1.12 bits per heavy atom. The van der Waals surface area contributed by atoms with E-state index in [0.29, 0.717) is 31.1 Å². The van der Waals surface area contributed by atoms with Crippen LogP contribution in [0.1, 0.15) is 12.8 Å². The SMILES string of the molecule is CN(C)CC(=O)Nc1ccc(NC(=O)C(N)C2CCOCC2)cc1.Cl.Cl. The molecule has 0 bridgehead atoms. The van der Waals surface area contributed by atoms with E-state index in [9.17, 15) is 9.59 Å². The van der Waals surface area contributed by atoms with E-state index in [2.05, 4.69) is 10.6 Å². The number of benzene rings is 1. The first-order valence-electron chi connectivity index (χ1n) is 8.14. The Hall–Kier alpha value is -1.38. The summed E-state index contributed by atoms with van der Waals surface area (Å²) >= 11 is 0. The van der Waals surface area contributed by atoms with E-state index >= 15 is 0 Å². The highest BCUT2D eigenvalue weighted by atomic mass is 35.5. The van der Waals surface area contributed by atoms with Gasteiger partial charge in [-0.1, -0.05) is 0 Å². The zero-order valence-corrected chi connectivity index (χ0v) is 16.7. The zero-order chi connectivity index (χ0) is 17.5.